The molecule has 0 aliphatic carbocycles. The number of hydrogen-bond donors (Lipinski definition) is 0. The maximum absolute atomic E-state index is 14.0. The highest BCUT2D eigenvalue weighted by Gasteiger charge is 2.19. The van der Waals surface area contributed by atoms with Crippen LogP contribution in [0.1, 0.15) is 31.8 Å². The Hall–Kier alpha value is -0.860. The molecule has 1 atom stereocenters. The van der Waals surface area contributed by atoms with E-state index in [4.69, 9.17) is 11.6 Å². The molecule has 0 radical (unpaired) electrons. The lowest BCUT2D eigenvalue weighted by molar-refractivity contribution is 0.603. The molecule has 17 heavy (non-hydrogen) atoms. The molecule has 0 N–H and O–H groups in total. The van der Waals surface area contributed by atoms with Crippen molar-refractivity contribution in [1.82, 2.24) is 0 Å². The summed E-state index contributed by atoms with van der Waals surface area (Å²) in [5.74, 6) is -0.196. The summed E-state index contributed by atoms with van der Waals surface area (Å²) in [5, 5.41) is -0.395. The Bertz CT molecular complexity index is 545. The minimum atomic E-state index is -0.395. The number of halogens is 2. The van der Waals surface area contributed by atoms with Gasteiger partial charge in [0.25, 0.3) is 0 Å². The summed E-state index contributed by atoms with van der Waals surface area (Å²) in [4.78, 5) is 2.24. The van der Waals surface area contributed by atoms with Crippen LogP contribution in [0.25, 0.3) is 0 Å². The average molecular weight is 269 g/mol. The van der Waals surface area contributed by atoms with Gasteiger partial charge in [-0.2, -0.15) is 0 Å². The van der Waals surface area contributed by atoms with Crippen molar-refractivity contribution in [1.29, 1.82) is 0 Å². The summed E-state index contributed by atoms with van der Waals surface area (Å²) >= 11 is 8.03. The van der Waals surface area contributed by atoms with Crippen molar-refractivity contribution in [2.75, 3.05) is 0 Å². The van der Waals surface area contributed by atoms with E-state index in [2.05, 4.69) is 6.07 Å². The van der Waals surface area contributed by atoms with E-state index >= 15 is 0 Å². The number of alkyl halides is 1. The second kappa shape index (κ2) is 4.79. The summed E-state index contributed by atoms with van der Waals surface area (Å²) in [7, 11) is 0. The first kappa shape index (κ1) is 12.6. The van der Waals surface area contributed by atoms with Crippen molar-refractivity contribution in [2.24, 2.45) is 0 Å². The van der Waals surface area contributed by atoms with Gasteiger partial charge in [-0.1, -0.05) is 18.2 Å². The Morgan fingerprint density at radius 1 is 1.18 bits per heavy atom. The fourth-order valence-corrected chi connectivity index (χ4v) is 3.43. The van der Waals surface area contributed by atoms with Crippen molar-refractivity contribution >= 4 is 22.9 Å². The average Bonchev–Trinajstić information content (AvgIpc) is 2.61. The summed E-state index contributed by atoms with van der Waals surface area (Å²) in [5.41, 5.74) is 2.34. The molecule has 2 rings (SSSR count). The third-order valence-electron chi connectivity index (χ3n) is 2.80. The highest BCUT2D eigenvalue weighted by atomic mass is 35.5. The zero-order valence-electron chi connectivity index (χ0n) is 10.1. The fourth-order valence-electron chi connectivity index (χ4n) is 1.92. The second-order valence-electron chi connectivity index (χ2n) is 4.24. The van der Waals surface area contributed by atoms with E-state index in [0.717, 1.165) is 10.4 Å². The zero-order chi connectivity index (χ0) is 12.6. The van der Waals surface area contributed by atoms with Crippen LogP contribution in [-0.2, 0) is 0 Å². The van der Waals surface area contributed by atoms with Crippen molar-refractivity contribution in [3.63, 3.8) is 0 Å². The predicted molar refractivity (Wildman–Crippen MR) is 72.6 cm³/mol. The largest absolute Gasteiger partial charge is 0.206 e. The van der Waals surface area contributed by atoms with Crippen molar-refractivity contribution in [3.8, 4) is 0 Å². The molecule has 0 spiro atoms. The molecule has 0 nitrogen and oxygen atoms in total. The van der Waals surface area contributed by atoms with E-state index in [0.29, 0.717) is 11.1 Å². The molecular formula is C14H14ClFS. The van der Waals surface area contributed by atoms with Gasteiger partial charge in [0.2, 0.25) is 0 Å². The van der Waals surface area contributed by atoms with Crippen LogP contribution in [0.3, 0.4) is 0 Å². The Morgan fingerprint density at radius 2 is 1.88 bits per heavy atom. The Labute approximate surface area is 110 Å². The SMILES string of the molecule is Cc1cc(C)c(C(Cl)c2cccc(C)c2F)s1. The van der Waals surface area contributed by atoms with Gasteiger partial charge in [-0.25, -0.2) is 4.39 Å². The van der Waals surface area contributed by atoms with E-state index in [1.807, 2.05) is 19.9 Å². The lowest BCUT2D eigenvalue weighted by Crippen LogP contribution is -1.98. The van der Waals surface area contributed by atoms with Gasteiger partial charge in [-0.05, 0) is 38.0 Å². The van der Waals surface area contributed by atoms with Gasteiger partial charge in [-0.15, -0.1) is 22.9 Å². The monoisotopic (exact) mass is 268 g/mol. The van der Waals surface area contributed by atoms with E-state index in [-0.39, 0.29) is 5.82 Å². The first-order valence-electron chi connectivity index (χ1n) is 5.46. The smallest absolute Gasteiger partial charge is 0.131 e. The van der Waals surface area contributed by atoms with E-state index in [1.54, 1.807) is 30.4 Å². The third-order valence-corrected chi connectivity index (χ3v) is 4.60. The first-order valence-corrected chi connectivity index (χ1v) is 6.72. The van der Waals surface area contributed by atoms with Crippen LogP contribution in [0, 0.1) is 26.6 Å². The van der Waals surface area contributed by atoms with Crippen molar-refractivity contribution < 1.29 is 4.39 Å². The predicted octanol–water partition coefficient (Wildman–Crippen LogP) is 5.14. The van der Waals surface area contributed by atoms with Gasteiger partial charge in [0.05, 0.1) is 5.38 Å². The summed E-state index contributed by atoms with van der Waals surface area (Å²) < 4.78 is 14.0. The lowest BCUT2D eigenvalue weighted by atomic mass is 10.0. The molecule has 1 unspecified atom stereocenters. The topological polar surface area (TPSA) is 0 Å². The number of thiophene rings is 1. The third kappa shape index (κ3) is 2.38. The van der Waals surface area contributed by atoms with Gasteiger partial charge in [0.15, 0.2) is 0 Å². The van der Waals surface area contributed by atoms with Crippen LogP contribution >= 0.6 is 22.9 Å². The molecule has 0 saturated carbocycles. The Balaban J connectivity index is 2.47. The van der Waals surface area contributed by atoms with Crippen LogP contribution in [-0.4, -0.2) is 0 Å². The second-order valence-corrected chi connectivity index (χ2v) is 5.97. The fraction of sp³-hybridized carbons (Fsp3) is 0.286. The molecule has 0 amide bonds. The minimum Gasteiger partial charge on any atom is -0.206 e. The summed E-state index contributed by atoms with van der Waals surface area (Å²) in [6.07, 6.45) is 0. The normalized spacial score (nSPS) is 12.8. The van der Waals surface area contributed by atoms with Crippen LogP contribution in [0.4, 0.5) is 4.39 Å². The molecule has 0 aliphatic rings. The number of aryl methyl sites for hydroxylation is 3. The molecule has 0 bridgehead atoms. The van der Waals surface area contributed by atoms with Crippen LogP contribution < -0.4 is 0 Å². The molecule has 3 heteroatoms. The summed E-state index contributed by atoms with van der Waals surface area (Å²) in [6, 6.07) is 7.45. The Kier molecular flexibility index (Phi) is 3.55. The van der Waals surface area contributed by atoms with Crippen molar-refractivity contribution in [2.45, 2.75) is 26.1 Å². The van der Waals surface area contributed by atoms with Gasteiger partial charge in [0.1, 0.15) is 5.82 Å². The van der Waals surface area contributed by atoms with Crippen molar-refractivity contribution in [3.05, 3.63) is 56.5 Å². The lowest BCUT2D eigenvalue weighted by Gasteiger charge is -2.11. The minimum absolute atomic E-state index is 0.196. The number of benzene rings is 1. The zero-order valence-corrected chi connectivity index (χ0v) is 11.6. The maximum Gasteiger partial charge on any atom is 0.131 e. The first-order chi connectivity index (χ1) is 8.00. The molecular weight excluding hydrogens is 255 g/mol. The number of rotatable bonds is 2. The molecule has 0 aliphatic heterocycles. The number of hydrogen-bond acceptors (Lipinski definition) is 1. The van der Waals surface area contributed by atoms with E-state index in [9.17, 15) is 4.39 Å². The highest BCUT2D eigenvalue weighted by Crippen LogP contribution is 2.37. The quantitative estimate of drug-likeness (QED) is 0.662. The van der Waals surface area contributed by atoms with Gasteiger partial charge in [0, 0.05) is 15.3 Å². The molecule has 1 aromatic heterocycles. The molecule has 1 aromatic carbocycles. The molecule has 0 saturated heterocycles. The van der Waals surface area contributed by atoms with E-state index in [1.165, 1.54) is 4.88 Å². The van der Waals surface area contributed by atoms with Gasteiger partial charge >= 0.3 is 0 Å². The highest BCUT2D eigenvalue weighted by molar-refractivity contribution is 7.12. The van der Waals surface area contributed by atoms with Gasteiger partial charge in [-0.3, -0.25) is 0 Å². The van der Waals surface area contributed by atoms with Gasteiger partial charge < -0.3 is 0 Å². The standard InChI is InChI=1S/C14H14ClFS/c1-8-5-4-6-11(13(8)16)12(15)14-9(2)7-10(3)17-14/h4-7,12H,1-3H3. The molecule has 0 fully saturated rings. The van der Waals surface area contributed by atoms with Crippen LogP contribution in [0.2, 0.25) is 0 Å². The Morgan fingerprint density at radius 3 is 2.47 bits per heavy atom. The molecule has 90 valence electrons. The molecule has 2 aromatic rings. The van der Waals surface area contributed by atoms with Crippen LogP contribution in [0.5, 0.6) is 0 Å². The summed E-state index contributed by atoms with van der Waals surface area (Å²) in [6.45, 7) is 5.81. The van der Waals surface area contributed by atoms with Crippen LogP contribution in [0.15, 0.2) is 24.3 Å². The maximum atomic E-state index is 14.0. The van der Waals surface area contributed by atoms with E-state index < -0.39 is 5.38 Å². The molecule has 1 heterocycles.